The van der Waals surface area contributed by atoms with Crippen LogP contribution >= 0.6 is 0 Å². The first-order valence-corrected chi connectivity index (χ1v) is 6.10. The van der Waals surface area contributed by atoms with Crippen LogP contribution in [0.15, 0.2) is 23.1 Å². The summed E-state index contributed by atoms with van der Waals surface area (Å²) in [5.74, 6) is 0.685. The molecule has 76 valence electrons. The Bertz CT molecular complexity index is 467. The highest BCUT2D eigenvalue weighted by Crippen LogP contribution is 2.32. The minimum atomic E-state index is -3.16. The summed E-state index contributed by atoms with van der Waals surface area (Å²) in [6.07, 6.45) is 1.18. The molecule has 2 N–H and O–H groups in total. The molecule has 5 heteroatoms. The number of benzene rings is 1. The largest absolute Gasteiger partial charge is 0.491 e. The second-order valence-electron chi connectivity index (χ2n) is 3.39. The molecule has 1 heterocycles. The van der Waals surface area contributed by atoms with Gasteiger partial charge < -0.3 is 10.5 Å². The van der Waals surface area contributed by atoms with Crippen molar-refractivity contribution in [3.63, 3.8) is 0 Å². The van der Waals surface area contributed by atoms with Gasteiger partial charge in [-0.25, -0.2) is 8.42 Å². The van der Waals surface area contributed by atoms with Crippen LogP contribution in [-0.2, 0) is 9.84 Å². The lowest BCUT2D eigenvalue weighted by molar-refractivity contribution is 0.333. The molecule has 0 unspecified atom stereocenters. The van der Waals surface area contributed by atoms with E-state index in [-0.39, 0.29) is 10.9 Å². The lowest BCUT2D eigenvalue weighted by atomic mass is 10.1. The number of hydrogen-bond acceptors (Lipinski definition) is 4. The van der Waals surface area contributed by atoms with Gasteiger partial charge in [-0.15, -0.1) is 0 Å². The van der Waals surface area contributed by atoms with Gasteiger partial charge in [0.1, 0.15) is 12.4 Å². The van der Waals surface area contributed by atoms with Gasteiger partial charge in [0, 0.05) is 11.8 Å². The predicted molar refractivity (Wildman–Crippen MR) is 52.0 cm³/mol. The first-order valence-electron chi connectivity index (χ1n) is 4.21. The van der Waals surface area contributed by atoms with Crippen molar-refractivity contribution in [2.24, 2.45) is 5.73 Å². The maximum Gasteiger partial charge on any atom is 0.175 e. The van der Waals surface area contributed by atoms with Crippen molar-refractivity contribution in [1.82, 2.24) is 0 Å². The van der Waals surface area contributed by atoms with Crippen molar-refractivity contribution in [1.29, 1.82) is 0 Å². The van der Waals surface area contributed by atoms with Crippen molar-refractivity contribution in [2.45, 2.75) is 10.9 Å². The van der Waals surface area contributed by atoms with E-state index in [2.05, 4.69) is 0 Å². The van der Waals surface area contributed by atoms with Gasteiger partial charge in [-0.1, -0.05) is 0 Å². The molecule has 0 spiro atoms. The van der Waals surface area contributed by atoms with Gasteiger partial charge >= 0.3 is 0 Å². The van der Waals surface area contributed by atoms with Crippen LogP contribution in [0.2, 0.25) is 0 Å². The Morgan fingerprint density at radius 3 is 2.86 bits per heavy atom. The highest BCUT2D eigenvalue weighted by atomic mass is 32.2. The van der Waals surface area contributed by atoms with Crippen molar-refractivity contribution < 1.29 is 13.2 Å². The Hall–Kier alpha value is -1.07. The Balaban J connectivity index is 2.56. The minimum Gasteiger partial charge on any atom is -0.491 e. The molecule has 1 aromatic rings. The summed E-state index contributed by atoms with van der Waals surface area (Å²) in [6, 6.07) is 4.55. The van der Waals surface area contributed by atoms with Gasteiger partial charge in [-0.05, 0) is 18.2 Å². The molecule has 1 aromatic carbocycles. The lowest BCUT2D eigenvalue weighted by Crippen LogP contribution is -2.11. The highest BCUT2D eigenvalue weighted by Gasteiger charge is 2.22. The van der Waals surface area contributed by atoms with Crippen LogP contribution in [-0.4, -0.2) is 21.3 Å². The molecule has 1 atom stereocenters. The fourth-order valence-corrected chi connectivity index (χ4v) is 2.10. The van der Waals surface area contributed by atoms with E-state index in [0.29, 0.717) is 12.4 Å². The summed E-state index contributed by atoms with van der Waals surface area (Å²) >= 11 is 0. The van der Waals surface area contributed by atoms with E-state index in [9.17, 15) is 8.42 Å². The monoisotopic (exact) mass is 213 g/mol. The number of rotatable bonds is 1. The van der Waals surface area contributed by atoms with Gasteiger partial charge in [0.05, 0.1) is 10.9 Å². The standard InChI is InChI=1S/C9H11NO3S/c1-14(11,12)6-2-3-9-7(4-6)8(10)5-13-9/h2-4,8H,5,10H2,1H3/t8-/m0/s1. The summed E-state index contributed by atoms with van der Waals surface area (Å²) in [4.78, 5) is 0.289. The number of nitrogens with two attached hydrogens (primary N) is 1. The number of fused-ring (bicyclic) bond motifs is 1. The molecule has 0 saturated heterocycles. The van der Waals surface area contributed by atoms with Crippen molar-refractivity contribution >= 4 is 9.84 Å². The highest BCUT2D eigenvalue weighted by molar-refractivity contribution is 7.90. The second-order valence-corrected chi connectivity index (χ2v) is 5.41. The second kappa shape index (κ2) is 2.96. The molecule has 0 aliphatic carbocycles. The maximum atomic E-state index is 11.3. The zero-order valence-electron chi connectivity index (χ0n) is 7.73. The number of hydrogen-bond donors (Lipinski definition) is 1. The first kappa shape index (κ1) is 9.48. The van der Waals surface area contributed by atoms with Crippen molar-refractivity contribution in [3.05, 3.63) is 23.8 Å². The molecule has 2 rings (SSSR count). The summed E-state index contributed by atoms with van der Waals surface area (Å²) < 4.78 is 27.8. The van der Waals surface area contributed by atoms with Crippen LogP contribution in [0.25, 0.3) is 0 Å². The normalized spacial score (nSPS) is 20.3. The van der Waals surface area contributed by atoms with Gasteiger partial charge in [-0.3, -0.25) is 0 Å². The van der Waals surface area contributed by atoms with Gasteiger partial charge in [0.2, 0.25) is 0 Å². The molecule has 0 saturated carbocycles. The third kappa shape index (κ3) is 1.49. The van der Waals surface area contributed by atoms with Crippen LogP contribution in [0.4, 0.5) is 0 Å². The summed E-state index contributed by atoms with van der Waals surface area (Å²) in [5, 5.41) is 0. The van der Waals surface area contributed by atoms with E-state index in [1.165, 1.54) is 12.3 Å². The molecule has 0 amide bonds. The average molecular weight is 213 g/mol. The summed E-state index contributed by atoms with van der Waals surface area (Å²) in [6.45, 7) is 0.419. The smallest absolute Gasteiger partial charge is 0.175 e. The fraction of sp³-hybridized carbons (Fsp3) is 0.333. The van der Waals surface area contributed by atoms with E-state index >= 15 is 0 Å². The molecule has 0 aromatic heterocycles. The Morgan fingerprint density at radius 1 is 1.50 bits per heavy atom. The van der Waals surface area contributed by atoms with Crippen LogP contribution in [0, 0.1) is 0 Å². The van der Waals surface area contributed by atoms with Crippen molar-refractivity contribution in [2.75, 3.05) is 12.9 Å². The average Bonchev–Trinajstić information content (AvgIpc) is 2.46. The van der Waals surface area contributed by atoms with Crippen LogP contribution in [0.5, 0.6) is 5.75 Å². The SMILES string of the molecule is CS(=O)(=O)c1ccc2c(c1)[C@@H](N)CO2. The third-order valence-electron chi connectivity index (χ3n) is 2.23. The molecule has 1 aliphatic heterocycles. The number of ether oxygens (including phenoxy) is 1. The molecule has 1 aliphatic rings. The first-order chi connectivity index (χ1) is 6.48. The van der Waals surface area contributed by atoms with Crippen LogP contribution < -0.4 is 10.5 Å². The minimum absolute atomic E-state index is 0.216. The molecule has 14 heavy (non-hydrogen) atoms. The topological polar surface area (TPSA) is 69.4 Å². The quantitative estimate of drug-likeness (QED) is 0.736. The lowest BCUT2D eigenvalue weighted by Gasteiger charge is -2.03. The van der Waals surface area contributed by atoms with Crippen LogP contribution in [0.3, 0.4) is 0 Å². The molecular formula is C9H11NO3S. The molecule has 4 nitrogen and oxygen atoms in total. The molecule has 0 bridgehead atoms. The predicted octanol–water partition coefficient (Wildman–Crippen LogP) is 0.482. The van der Waals surface area contributed by atoms with E-state index in [0.717, 1.165) is 5.56 Å². The molecule has 0 fully saturated rings. The Morgan fingerprint density at radius 2 is 2.21 bits per heavy atom. The molecule has 0 radical (unpaired) electrons. The maximum absolute atomic E-state index is 11.3. The van der Waals surface area contributed by atoms with E-state index in [1.807, 2.05) is 0 Å². The zero-order valence-corrected chi connectivity index (χ0v) is 8.54. The van der Waals surface area contributed by atoms with E-state index in [1.54, 1.807) is 12.1 Å². The molecular weight excluding hydrogens is 202 g/mol. The van der Waals surface area contributed by atoms with E-state index < -0.39 is 9.84 Å². The Labute approximate surface area is 82.6 Å². The van der Waals surface area contributed by atoms with Gasteiger partial charge in [0.25, 0.3) is 0 Å². The van der Waals surface area contributed by atoms with E-state index in [4.69, 9.17) is 10.5 Å². The van der Waals surface area contributed by atoms with Crippen LogP contribution in [0.1, 0.15) is 11.6 Å². The van der Waals surface area contributed by atoms with Gasteiger partial charge in [-0.2, -0.15) is 0 Å². The zero-order chi connectivity index (χ0) is 10.3. The number of sulfone groups is 1. The van der Waals surface area contributed by atoms with Crippen molar-refractivity contribution in [3.8, 4) is 5.75 Å². The Kier molecular flexibility index (Phi) is 2.01. The third-order valence-corrected chi connectivity index (χ3v) is 3.34. The summed E-state index contributed by atoms with van der Waals surface area (Å²) in [7, 11) is -3.16. The fourth-order valence-electron chi connectivity index (χ4n) is 1.45. The van der Waals surface area contributed by atoms with Gasteiger partial charge in [0.15, 0.2) is 9.84 Å². The summed E-state index contributed by atoms with van der Waals surface area (Å²) in [5.41, 5.74) is 6.51.